The lowest BCUT2D eigenvalue weighted by molar-refractivity contribution is -0.267. The van der Waals surface area contributed by atoms with Gasteiger partial charge in [-0.05, 0) is 19.3 Å². The van der Waals surface area contributed by atoms with Gasteiger partial charge < -0.3 is 0 Å². The molecule has 1 aliphatic carbocycles. The largest absolute Gasteiger partial charge is 0.251 e. The smallest absolute Gasteiger partial charge is 0.111 e. The lowest BCUT2D eigenvalue weighted by Crippen LogP contribution is -2.07. The fourth-order valence-corrected chi connectivity index (χ4v) is 1.57. The van der Waals surface area contributed by atoms with Gasteiger partial charge in [0, 0.05) is 0 Å². The van der Waals surface area contributed by atoms with Gasteiger partial charge in [-0.2, -0.15) is 0 Å². The molecule has 0 bridgehead atoms. The standard InChI is InChI=1S/C10H18O2/c11-12-10-8-6-4-2-1-3-5-7-9-10/h6,8,10-11H,1-5,7,9H2/b8-6-. The highest BCUT2D eigenvalue weighted by Gasteiger charge is 2.04. The van der Waals surface area contributed by atoms with Crippen LogP contribution >= 0.6 is 0 Å². The van der Waals surface area contributed by atoms with Gasteiger partial charge in [0.1, 0.15) is 6.10 Å². The van der Waals surface area contributed by atoms with E-state index in [0.29, 0.717) is 0 Å². The average Bonchev–Trinajstić information content (AvgIpc) is 2.14. The van der Waals surface area contributed by atoms with Crippen LogP contribution in [0.1, 0.15) is 44.9 Å². The van der Waals surface area contributed by atoms with Crippen LogP contribution in [0.2, 0.25) is 0 Å². The van der Waals surface area contributed by atoms with E-state index in [0.717, 1.165) is 19.3 Å². The fraction of sp³-hybridized carbons (Fsp3) is 0.800. The minimum absolute atomic E-state index is 0.0666. The third-order valence-corrected chi connectivity index (χ3v) is 2.35. The zero-order chi connectivity index (χ0) is 8.65. The lowest BCUT2D eigenvalue weighted by Gasteiger charge is -2.09. The van der Waals surface area contributed by atoms with Crippen molar-refractivity contribution in [3.63, 3.8) is 0 Å². The molecular formula is C10H18O2. The minimum atomic E-state index is -0.0666. The maximum absolute atomic E-state index is 8.52. The monoisotopic (exact) mass is 170 g/mol. The van der Waals surface area contributed by atoms with Crippen LogP contribution in [0.5, 0.6) is 0 Å². The second kappa shape index (κ2) is 6.21. The predicted molar refractivity (Wildman–Crippen MR) is 49.0 cm³/mol. The molecule has 0 aromatic carbocycles. The number of rotatable bonds is 1. The summed E-state index contributed by atoms with van der Waals surface area (Å²) in [5, 5.41) is 8.52. The summed E-state index contributed by atoms with van der Waals surface area (Å²) in [5.74, 6) is 0. The summed E-state index contributed by atoms with van der Waals surface area (Å²) in [6.45, 7) is 0. The SMILES string of the molecule is OOC1/C=C\CCCCCCC1. The van der Waals surface area contributed by atoms with Crippen molar-refractivity contribution in [1.82, 2.24) is 0 Å². The molecule has 0 aromatic heterocycles. The molecule has 1 aliphatic rings. The van der Waals surface area contributed by atoms with E-state index < -0.39 is 0 Å². The van der Waals surface area contributed by atoms with E-state index in [9.17, 15) is 0 Å². The summed E-state index contributed by atoms with van der Waals surface area (Å²) < 4.78 is 0. The first kappa shape index (κ1) is 9.75. The molecule has 2 heteroatoms. The predicted octanol–water partition coefficient (Wildman–Crippen LogP) is 3.15. The van der Waals surface area contributed by atoms with Gasteiger partial charge in [-0.1, -0.05) is 37.8 Å². The molecule has 0 heterocycles. The first-order valence-corrected chi connectivity index (χ1v) is 4.90. The van der Waals surface area contributed by atoms with E-state index in [4.69, 9.17) is 5.26 Å². The van der Waals surface area contributed by atoms with Gasteiger partial charge in [-0.15, -0.1) is 0 Å². The molecule has 1 N–H and O–H groups in total. The normalized spacial score (nSPS) is 29.6. The first-order valence-electron chi connectivity index (χ1n) is 4.90. The summed E-state index contributed by atoms with van der Waals surface area (Å²) in [4.78, 5) is 4.34. The van der Waals surface area contributed by atoms with Crippen LogP contribution in [0, 0.1) is 0 Å². The fourth-order valence-electron chi connectivity index (χ4n) is 1.57. The third-order valence-electron chi connectivity index (χ3n) is 2.35. The highest BCUT2D eigenvalue weighted by atomic mass is 17.1. The van der Waals surface area contributed by atoms with Crippen LogP contribution < -0.4 is 0 Å². The van der Waals surface area contributed by atoms with Gasteiger partial charge in [0.25, 0.3) is 0 Å². The first-order chi connectivity index (χ1) is 5.93. The van der Waals surface area contributed by atoms with Crippen molar-refractivity contribution in [2.24, 2.45) is 0 Å². The Kier molecular flexibility index (Phi) is 5.04. The van der Waals surface area contributed by atoms with E-state index in [1.165, 1.54) is 25.7 Å². The van der Waals surface area contributed by atoms with Crippen LogP contribution in [-0.4, -0.2) is 11.4 Å². The Hall–Kier alpha value is -0.340. The molecule has 0 saturated carbocycles. The van der Waals surface area contributed by atoms with Crippen molar-refractivity contribution in [2.75, 3.05) is 0 Å². The minimum Gasteiger partial charge on any atom is -0.251 e. The highest BCUT2D eigenvalue weighted by molar-refractivity contribution is 4.89. The molecule has 0 saturated heterocycles. The summed E-state index contributed by atoms with van der Waals surface area (Å²) in [6, 6.07) is 0. The van der Waals surface area contributed by atoms with Crippen LogP contribution in [0.4, 0.5) is 0 Å². The molecule has 70 valence electrons. The summed E-state index contributed by atoms with van der Waals surface area (Å²) in [5.41, 5.74) is 0. The zero-order valence-corrected chi connectivity index (χ0v) is 7.54. The number of hydrogen-bond donors (Lipinski definition) is 1. The van der Waals surface area contributed by atoms with Crippen molar-refractivity contribution in [3.8, 4) is 0 Å². The van der Waals surface area contributed by atoms with Crippen molar-refractivity contribution >= 4 is 0 Å². The van der Waals surface area contributed by atoms with Crippen molar-refractivity contribution < 1.29 is 10.1 Å². The maximum atomic E-state index is 8.52. The summed E-state index contributed by atoms with van der Waals surface area (Å²) >= 11 is 0. The van der Waals surface area contributed by atoms with Crippen molar-refractivity contribution in [2.45, 2.75) is 51.0 Å². The maximum Gasteiger partial charge on any atom is 0.111 e. The molecule has 2 nitrogen and oxygen atoms in total. The summed E-state index contributed by atoms with van der Waals surface area (Å²) in [7, 11) is 0. The molecular weight excluding hydrogens is 152 g/mol. The van der Waals surface area contributed by atoms with Crippen LogP contribution in [0.15, 0.2) is 12.2 Å². The Morgan fingerprint density at radius 3 is 2.67 bits per heavy atom. The van der Waals surface area contributed by atoms with Gasteiger partial charge in [0.2, 0.25) is 0 Å². The molecule has 0 aromatic rings. The lowest BCUT2D eigenvalue weighted by atomic mass is 10.0. The molecule has 1 rings (SSSR count). The van der Waals surface area contributed by atoms with Crippen LogP contribution in [0.3, 0.4) is 0 Å². The van der Waals surface area contributed by atoms with E-state index in [2.05, 4.69) is 11.0 Å². The number of allylic oxidation sites excluding steroid dienone is 1. The molecule has 0 radical (unpaired) electrons. The van der Waals surface area contributed by atoms with E-state index in [-0.39, 0.29) is 6.10 Å². The van der Waals surface area contributed by atoms with Gasteiger partial charge in [0.15, 0.2) is 0 Å². The van der Waals surface area contributed by atoms with E-state index in [1.807, 2.05) is 6.08 Å². The third kappa shape index (κ3) is 3.88. The zero-order valence-electron chi connectivity index (χ0n) is 7.54. The van der Waals surface area contributed by atoms with E-state index >= 15 is 0 Å². The van der Waals surface area contributed by atoms with Crippen LogP contribution in [-0.2, 0) is 4.89 Å². The Bertz CT molecular complexity index is 132. The van der Waals surface area contributed by atoms with Gasteiger partial charge in [0.05, 0.1) is 0 Å². The second-order valence-corrected chi connectivity index (χ2v) is 3.42. The second-order valence-electron chi connectivity index (χ2n) is 3.42. The molecule has 12 heavy (non-hydrogen) atoms. The molecule has 0 amide bonds. The quantitative estimate of drug-likeness (QED) is 0.372. The Morgan fingerprint density at radius 1 is 1.08 bits per heavy atom. The van der Waals surface area contributed by atoms with Gasteiger partial charge in [-0.25, -0.2) is 4.89 Å². The van der Waals surface area contributed by atoms with E-state index in [1.54, 1.807) is 0 Å². The Labute approximate surface area is 74.2 Å². The topological polar surface area (TPSA) is 29.5 Å². The molecule has 1 atom stereocenters. The Morgan fingerprint density at radius 2 is 1.83 bits per heavy atom. The van der Waals surface area contributed by atoms with Crippen molar-refractivity contribution in [1.29, 1.82) is 0 Å². The molecule has 0 aliphatic heterocycles. The molecule has 0 fully saturated rings. The molecule has 1 unspecified atom stereocenters. The number of hydrogen-bond acceptors (Lipinski definition) is 2. The molecule has 0 spiro atoms. The highest BCUT2D eigenvalue weighted by Crippen LogP contribution is 2.13. The van der Waals surface area contributed by atoms with Crippen molar-refractivity contribution in [3.05, 3.63) is 12.2 Å². The summed E-state index contributed by atoms with van der Waals surface area (Å²) in [6.07, 6.45) is 12.5. The van der Waals surface area contributed by atoms with Gasteiger partial charge in [-0.3, -0.25) is 5.26 Å². The average molecular weight is 170 g/mol. The van der Waals surface area contributed by atoms with Crippen LogP contribution in [0.25, 0.3) is 0 Å². The Balaban J connectivity index is 2.31. The van der Waals surface area contributed by atoms with Gasteiger partial charge >= 0.3 is 0 Å².